The molecule has 1 aromatic heterocycles. The quantitative estimate of drug-likeness (QED) is 0.154. The largest absolute Gasteiger partial charge is 0.493 e. The van der Waals surface area contributed by atoms with E-state index < -0.39 is 23.3 Å². The van der Waals surface area contributed by atoms with Gasteiger partial charge in [0.2, 0.25) is 5.78 Å². The van der Waals surface area contributed by atoms with Crippen LogP contribution in [0.1, 0.15) is 20.7 Å². The van der Waals surface area contributed by atoms with E-state index in [1.54, 1.807) is 48.5 Å². The molecule has 176 valence electrons. The Hall–Kier alpha value is -4.79. The Balaban J connectivity index is 1.64. The second-order valence-corrected chi connectivity index (χ2v) is 7.45. The zero-order valence-corrected chi connectivity index (χ0v) is 18.9. The Morgan fingerprint density at radius 3 is 2.43 bits per heavy atom. The summed E-state index contributed by atoms with van der Waals surface area (Å²) < 4.78 is 15.9. The van der Waals surface area contributed by atoms with E-state index in [9.17, 15) is 19.7 Å². The number of hydrogen-bond donors (Lipinski definition) is 0. The van der Waals surface area contributed by atoms with Crippen molar-refractivity contribution in [2.75, 3.05) is 20.8 Å². The molecular formula is C26H20N2O7. The number of non-ortho nitro benzene ring substituents is 1. The number of pyridine rings is 1. The van der Waals surface area contributed by atoms with Gasteiger partial charge in [0.1, 0.15) is 0 Å². The van der Waals surface area contributed by atoms with Gasteiger partial charge in [0.25, 0.3) is 5.69 Å². The van der Waals surface area contributed by atoms with Gasteiger partial charge in [0.05, 0.1) is 35.9 Å². The Morgan fingerprint density at radius 1 is 0.914 bits per heavy atom. The maximum atomic E-state index is 13.0. The molecule has 4 rings (SSSR count). The lowest BCUT2D eigenvalue weighted by atomic mass is 10.0. The first kappa shape index (κ1) is 23.4. The predicted octanol–water partition coefficient (Wildman–Crippen LogP) is 4.87. The number of nitrogens with zero attached hydrogens (tertiary/aromatic N) is 2. The molecule has 0 spiro atoms. The number of Topliss-reactive ketones (excluding diaryl/α,β-unsaturated/α-hetero) is 1. The van der Waals surface area contributed by atoms with Crippen molar-refractivity contribution in [1.82, 2.24) is 4.98 Å². The normalized spacial score (nSPS) is 10.6. The molecule has 35 heavy (non-hydrogen) atoms. The van der Waals surface area contributed by atoms with Crippen LogP contribution < -0.4 is 9.47 Å². The standard InChI is InChI=1S/C26H20N2O7/c1-33-24-11-10-16(13-25(24)34-2)22-14-20(19-8-3-4-9-21(19)27-22)26(30)35-15-23(29)17-6-5-7-18(12-17)28(31)32/h3-14H,15H2,1-2H3. The van der Waals surface area contributed by atoms with Crippen LogP contribution in [0.15, 0.2) is 72.8 Å². The van der Waals surface area contributed by atoms with E-state index in [-0.39, 0.29) is 16.8 Å². The SMILES string of the molecule is COc1ccc(-c2cc(C(=O)OCC(=O)c3cccc([N+](=O)[O-])c3)c3ccccc3n2)cc1OC. The van der Waals surface area contributed by atoms with Crippen molar-refractivity contribution in [2.24, 2.45) is 0 Å². The molecule has 0 saturated heterocycles. The summed E-state index contributed by atoms with van der Waals surface area (Å²) in [5.41, 5.74) is 1.85. The molecule has 9 heteroatoms. The van der Waals surface area contributed by atoms with Crippen molar-refractivity contribution in [2.45, 2.75) is 0 Å². The number of rotatable bonds is 8. The highest BCUT2D eigenvalue weighted by molar-refractivity contribution is 6.06. The maximum Gasteiger partial charge on any atom is 0.339 e. The van der Waals surface area contributed by atoms with Crippen molar-refractivity contribution < 1.29 is 28.7 Å². The third-order valence-electron chi connectivity index (χ3n) is 5.33. The van der Waals surface area contributed by atoms with Crippen molar-refractivity contribution in [3.8, 4) is 22.8 Å². The molecule has 3 aromatic carbocycles. The first-order valence-electron chi connectivity index (χ1n) is 10.5. The van der Waals surface area contributed by atoms with Crippen LogP contribution in [-0.4, -0.2) is 42.5 Å². The minimum atomic E-state index is -0.718. The second-order valence-electron chi connectivity index (χ2n) is 7.45. The number of nitro benzene ring substituents is 1. The lowest BCUT2D eigenvalue weighted by Gasteiger charge is -2.12. The number of fused-ring (bicyclic) bond motifs is 1. The minimum Gasteiger partial charge on any atom is -0.493 e. The summed E-state index contributed by atoms with van der Waals surface area (Å²) in [6, 6.07) is 19.2. The fraction of sp³-hybridized carbons (Fsp3) is 0.115. The van der Waals surface area contributed by atoms with Crippen molar-refractivity contribution in [3.05, 3.63) is 94.0 Å². The summed E-state index contributed by atoms with van der Waals surface area (Å²) in [5.74, 6) is -0.215. The average Bonchev–Trinajstić information content (AvgIpc) is 2.90. The van der Waals surface area contributed by atoms with Crippen LogP contribution in [0, 0.1) is 10.1 Å². The Kier molecular flexibility index (Phi) is 6.68. The van der Waals surface area contributed by atoms with Crippen LogP contribution in [0.4, 0.5) is 5.69 Å². The smallest absolute Gasteiger partial charge is 0.339 e. The van der Waals surface area contributed by atoms with Crippen LogP contribution >= 0.6 is 0 Å². The van der Waals surface area contributed by atoms with Crippen LogP contribution in [0.5, 0.6) is 11.5 Å². The first-order valence-corrected chi connectivity index (χ1v) is 10.5. The number of ketones is 1. The number of esters is 1. The fourth-order valence-electron chi connectivity index (χ4n) is 3.57. The molecule has 4 aromatic rings. The van der Waals surface area contributed by atoms with E-state index in [2.05, 4.69) is 4.98 Å². The highest BCUT2D eigenvalue weighted by Gasteiger charge is 2.19. The summed E-state index contributed by atoms with van der Waals surface area (Å²) in [5, 5.41) is 11.5. The number of aromatic nitrogens is 1. The van der Waals surface area contributed by atoms with E-state index in [1.165, 1.54) is 32.4 Å². The minimum absolute atomic E-state index is 0.0811. The number of hydrogen-bond acceptors (Lipinski definition) is 8. The Bertz CT molecular complexity index is 1450. The number of carbonyl (C=O) groups is 2. The molecule has 0 fully saturated rings. The van der Waals surface area contributed by atoms with Gasteiger partial charge in [-0.1, -0.05) is 30.3 Å². The molecular weight excluding hydrogens is 452 g/mol. The summed E-state index contributed by atoms with van der Waals surface area (Å²) in [6.45, 7) is -0.567. The average molecular weight is 472 g/mol. The molecule has 0 atom stereocenters. The summed E-state index contributed by atoms with van der Waals surface area (Å²) in [6.07, 6.45) is 0. The van der Waals surface area contributed by atoms with Crippen molar-refractivity contribution >= 4 is 28.3 Å². The number of para-hydroxylation sites is 1. The van der Waals surface area contributed by atoms with Gasteiger partial charge in [-0.05, 0) is 30.3 Å². The maximum absolute atomic E-state index is 13.0. The van der Waals surface area contributed by atoms with Crippen LogP contribution in [0.25, 0.3) is 22.2 Å². The summed E-state index contributed by atoms with van der Waals surface area (Å²) in [4.78, 5) is 40.5. The molecule has 0 radical (unpaired) electrons. The third kappa shape index (κ3) is 4.93. The highest BCUT2D eigenvalue weighted by atomic mass is 16.6. The van der Waals surface area contributed by atoms with Gasteiger partial charge in [-0.2, -0.15) is 0 Å². The van der Waals surface area contributed by atoms with Gasteiger partial charge >= 0.3 is 5.97 Å². The lowest BCUT2D eigenvalue weighted by molar-refractivity contribution is -0.384. The van der Waals surface area contributed by atoms with Gasteiger partial charge in [0.15, 0.2) is 18.1 Å². The number of nitro groups is 1. The molecule has 0 aliphatic carbocycles. The summed E-state index contributed by atoms with van der Waals surface area (Å²) >= 11 is 0. The van der Waals surface area contributed by atoms with Crippen LogP contribution in [0.2, 0.25) is 0 Å². The zero-order chi connectivity index (χ0) is 24.9. The molecule has 0 aliphatic heterocycles. The number of ether oxygens (including phenoxy) is 3. The molecule has 0 saturated carbocycles. The molecule has 0 aliphatic rings. The predicted molar refractivity (Wildman–Crippen MR) is 128 cm³/mol. The Morgan fingerprint density at radius 2 is 1.69 bits per heavy atom. The van der Waals surface area contributed by atoms with E-state index in [0.717, 1.165) is 6.07 Å². The lowest BCUT2D eigenvalue weighted by Crippen LogP contribution is -2.15. The topological polar surface area (TPSA) is 118 Å². The van der Waals surface area contributed by atoms with E-state index in [4.69, 9.17) is 14.2 Å². The van der Waals surface area contributed by atoms with E-state index in [1.807, 2.05) is 0 Å². The van der Waals surface area contributed by atoms with Gasteiger partial charge in [-0.3, -0.25) is 14.9 Å². The Labute approximate surface area is 200 Å². The van der Waals surface area contributed by atoms with Crippen LogP contribution in [0.3, 0.4) is 0 Å². The van der Waals surface area contributed by atoms with Gasteiger partial charge < -0.3 is 14.2 Å². The molecule has 0 unspecified atom stereocenters. The van der Waals surface area contributed by atoms with Gasteiger partial charge in [-0.25, -0.2) is 9.78 Å². The van der Waals surface area contributed by atoms with Crippen LogP contribution in [-0.2, 0) is 4.74 Å². The van der Waals surface area contributed by atoms with Gasteiger partial charge in [-0.15, -0.1) is 0 Å². The number of methoxy groups -OCH3 is 2. The zero-order valence-electron chi connectivity index (χ0n) is 18.9. The molecule has 9 nitrogen and oxygen atoms in total. The van der Waals surface area contributed by atoms with Gasteiger partial charge in [0, 0.05) is 28.6 Å². The van der Waals surface area contributed by atoms with Crippen molar-refractivity contribution in [1.29, 1.82) is 0 Å². The highest BCUT2D eigenvalue weighted by Crippen LogP contribution is 2.33. The molecule has 0 bridgehead atoms. The fourth-order valence-corrected chi connectivity index (χ4v) is 3.57. The first-order chi connectivity index (χ1) is 16.9. The third-order valence-corrected chi connectivity index (χ3v) is 5.33. The van der Waals surface area contributed by atoms with E-state index >= 15 is 0 Å². The number of carbonyl (C=O) groups excluding carboxylic acids is 2. The van der Waals surface area contributed by atoms with Crippen molar-refractivity contribution in [3.63, 3.8) is 0 Å². The second kappa shape index (κ2) is 10.0. The molecule has 0 N–H and O–H groups in total. The summed E-state index contributed by atoms with van der Waals surface area (Å²) in [7, 11) is 3.06. The number of benzene rings is 3. The van der Waals surface area contributed by atoms with E-state index in [0.29, 0.717) is 33.7 Å². The molecule has 0 amide bonds. The monoisotopic (exact) mass is 472 g/mol. The molecule has 1 heterocycles.